The van der Waals surface area contributed by atoms with Gasteiger partial charge in [-0.1, -0.05) is 44.2 Å². The first-order valence-corrected chi connectivity index (χ1v) is 24.3. The van der Waals surface area contributed by atoms with Crippen molar-refractivity contribution < 1.29 is 64.2 Å². The molecule has 0 bridgehead atoms. The van der Waals surface area contributed by atoms with Crippen LogP contribution < -0.4 is 9.74 Å². The standard InChI is InChI=1S/C43H49N5O14S3/c1-42(2)33-25-29(40(51)45(4)61-5)27-46(21-9-23-63(53)54)39(33)44-35(42)11-7-6-8-12-36-43(3,30-15-13-28(14-16-30)41(52)62-48-37(49)19-20-38(48)50)32-26-31(65(58,59)60)17-18-34(32)47(36)22-10-24-64(55,56)57/h6-8,11-20,25-27,39,49-50H,9-10,21-24H2,1-5H3,(H,53,54)(H,55,56,57)(H,58,59,60). The van der Waals surface area contributed by atoms with Crippen molar-refractivity contribution in [1.29, 1.82) is 0 Å². The number of nitrogens with zero attached hydrogens (tertiary/aromatic N) is 5. The fourth-order valence-corrected chi connectivity index (χ4v) is 9.35. The number of hydroxylamine groups is 2. The highest BCUT2D eigenvalue weighted by Crippen LogP contribution is 2.52. The van der Waals surface area contributed by atoms with Crippen LogP contribution in [0, 0.1) is 5.41 Å². The maximum atomic E-state index is 13.2. The van der Waals surface area contributed by atoms with Crippen molar-refractivity contribution in [3.8, 4) is 11.8 Å². The summed E-state index contributed by atoms with van der Waals surface area (Å²) in [5.74, 6) is -2.90. The number of likely N-dealkylation sites (N-methyl/N-ethyl adjacent to an activating group) is 1. The number of anilines is 1. The topological polar surface area (TPSA) is 266 Å². The smallest absolute Gasteiger partial charge is 0.363 e. The molecular formula is C43H49N5O14S3. The van der Waals surface area contributed by atoms with E-state index >= 15 is 0 Å². The number of rotatable bonds is 17. The average molecular weight is 956 g/mol. The van der Waals surface area contributed by atoms with Gasteiger partial charge in [0.25, 0.3) is 26.1 Å². The lowest BCUT2D eigenvalue weighted by atomic mass is 9.75. The molecule has 348 valence electrons. The van der Waals surface area contributed by atoms with E-state index in [0.717, 1.165) is 22.8 Å². The maximum absolute atomic E-state index is 13.2. The monoisotopic (exact) mass is 955 g/mol. The minimum Gasteiger partial charge on any atom is -0.492 e. The molecule has 0 radical (unpaired) electrons. The number of hydrogen-bond acceptors (Lipinski definition) is 14. The molecule has 3 aromatic rings. The molecule has 4 heterocycles. The van der Waals surface area contributed by atoms with Gasteiger partial charge >= 0.3 is 5.97 Å². The summed E-state index contributed by atoms with van der Waals surface area (Å²) in [4.78, 5) is 44.7. The lowest BCUT2D eigenvalue weighted by Gasteiger charge is -2.34. The van der Waals surface area contributed by atoms with E-state index in [1.54, 1.807) is 60.5 Å². The second-order valence-corrected chi connectivity index (χ2v) is 20.0. The molecule has 5 N–H and O–H groups in total. The van der Waals surface area contributed by atoms with E-state index in [0.29, 0.717) is 51.5 Å². The van der Waals surface area contributed by atoms with Crippen LogP contribution in [-0.2, 0) is 46.4 Å². The second-order valence-electron chi connectivity index (χ2n) is 16.0. The summed E-state index contributed by atoms with van der Waals surface area (Å²) in [6, 6.07) is 12.3. The molecule has 6 rings (SSSR count). The highest BCUT2D eigenvalue weighted by Gasteiger charge is 2.46. The van der Waals surface area contributed by atoms with Crippen LogP contribution in [0.2, 0.25) is 0 Å². The minimum atomic E-state index is -4.70. The number of carbonyl (C=O) groups is 2. The number of fused-ring (bicyclic) bond motifs is 2. The molecule has 3 aliphatic heterocycles. The van der Waals surface area contributed by atoms with Crippen molar-refractivity contribution in [3.63, 3.8) is 0 Å². The molecule has 3 unspecified atom stereocenters. The van der Waals surface area contributed by atoms with Crippen LogP contribution in [0.1, 0.15) is 55.1 Å². The Morgan fingerprint density at radius 2 is 1.62 bits per heavy atom. The van der Waals surface area contributed by atoms with Gasteiger partial charge < -0.3 is 29.4 Å². The molecule has 65 heavy (non-hydrogen) atoms. The Morgan fingerprint density at radius 1 is 0.938 bits per heavy atom. The minimum absolute atomic E-state index is 0.0225. The number of carbonyl (C=O) groups excluding carboxylic acids is 2. The van der Waals surface area contributed by atoms with E-state index in [1.807, 2.05) is 24.8 Å². The SMILES string of the molecule is CON(C)C(=O)C1=CN(CCCS(=O)O)C2N=C(C=CC=CC=C3N(CCCS(=O)(=O)O)c4ccc(S(=O)(=O)O)cc4C3(C)c3ccc(C(=O)On4c(O)ccc4O)cc3)C(C)(C)C2=C1. The average Bonchev–Trinajstić information content (AvgIpc) is 3.79. The van der Waals surface area contributed by atoms with Crippen LogP contribution in [-0.4, -0.2) is 122 Å². The molecule has 22 heteroatoms. The second kappa shape index (κ2) is 18.9. The van der Waals surface area contributed by atoms with Gasteiger partial charge in [-0.2, -0.15) is 16.8 Å². The number of aromatic nitrogens is 1. The lowest BCUT2D eigenvalue weighted by molar-refractivity contribution is -0.163. The summed E-state index contributed by atoms with van der Waals surface area (Å²) in [6.07, 6.45) is 12.0. The maximum Gasteiger partial charge on any atom is 0.363 e. The van der Waals surface area contributed by atoms with E-state index in [1.165, 1.54) is 44.5 Å². The van der Waals surface area contributed by atoms with Gasteiger partial charge in [0.05, 0.1) is 40.1 Å². The van der Waals surface area contributed by atoms with E-state index in [2.05, 4.69) is 0 Å². The van der Waals surface area contributed by atoms with E-state index < -0.39 is 76.7 Å². The van der Waals surface area contributed by atoms with Crippen LogP contribution in [0.4, 0.5) is 5.69 Å². The number of aromatic hydroxyl groups is 2. The Balaban J connectivity index is 1.38. The quantitative estimate of drug-likeness (QED) is 0.0544. The third-order valence-corrected chi connectivity index (χ3v) is 13.7. The molecule has 19 nitrogen and oxygen atoms in total. The van der Waals surface area contributed by atoms with Gasteiger partial charge in [-0.05, 0) is 85.0 Å². The number of amides is 1. The van der Waals surface area contributed by atoms with Crippen molar-refractivity contribution in [2.75, 3.05) is 43.7 Å². The largest absolute Gasteiger partial charge is 0.492 e. The Morgan fingerprint density at radius 3 is 2.23 bits per heavy atom. The van der Waals surface area contributed by atoms with E-state index in [4.69, 9.17) is 14.7 Å². The molecule has 1 aromatic heterocycles. The fourth-order valence-electron chi connectivity index (χ4n) is 7.97. The Kier molecular flexibility index (Phi) is 14.1. The zero-order valence-corrected chi connectivity index (χ0v) is 38.4. The highest BCUT2D eigenvalue weighted by atomic mass is 32.2. The van der Waals surface area contributed by atoms with Crippen LogP contribution in [0.15, 0.2) is 124 Å². The molecular weight excluding hydrogens is 907 g/mol. The van der Waals surface area contributed by atoms with E-state index in [9.17, 15) is 54.5 Å². The molecule has 3 atom stereocenters. The summed E-state index contributed by atoms with van der Waals surface area (Å²) >= 11 is -2.00. The molecule has 1 amide bonds. The molecule has 0 saturated carbocycles. The predicted molar refractivity (Wildman–Crippen MR) is 240 cm³/mol. The zero-order chi connectivity index (χ0) is 47.6. The third-order valence-electron chi connectivity index (χ3n) is 11.5. The van der Waals surface area contributed by atoms with Crippen molar-refractivity contribution in [1.82, 2.24) is 14.7 Å². The molecule has 0 saturated heterocycles. The molecule has 2 aromatic carbocycles. The number of aliphatic imine (C=N–C) groups is 1. The predicted octanol–water partition coefficient (Wildman–Crippen LogP) is 4.38. The van der Waals surface area contributed by atoms with Crippen molar-refractivity contribution in [2.24, 2.45) is 10.4 Å². The van der Waals surface area contributed by atoms with Crippen molar-refractivity contribution in [2.45, 2.75) is 50.1 Å². The normalized spacial score (nSPS) is 20.5. The number of hydrogen-bond donors (Lipinski definition) is 5. The van der Waals surface area contributed by atoms with Gasteiger partial charge in [-0.15, -0.1) is 4.73 Å². The fraction of sp³-hybridized carbons (Fsp3) is 0.326. The summed E-state index contributed by atoms with van der Waals surface area (Å²) in [5.41, 5.74) is 1.91. The van der Waals surface area contributed by atoms with Crippen LogP contribution in [0.5, 0.6) is 11.8 Å². The van der Waals surface area contributed by atoms with Crippen LogP contribution in [0.3, 0.4) is 0 Å². The van der Waals surface area contributed by atoms with Gasteiger partial charge in [-0.3, -0.25) is 23.7 Å². The Bertz CT molecular complexity index is 2790. The van der Waals surface area contributed by atoms with Crippen molar-refractivity contribution in [3.05, 3.63) is 131 Å². The van der Waals surface area contributed by atoms with Crippen molar-refractivity contribution >= 4 is 54.6 Å². The van der Waals surface area contributed by atoms with Crippen LogP contribution >= 0.6 is 0 Å². The number of allylic oxidation sites excluding steroid dienone is 6. The first kappa shape index (κ1) is 48.6. The first-order valence-electron chi connectivity index (χ1n) is 20.0. The summed E-state index contributed by atoms with van der Waals surface area (Å²) in [5, 5.41) is 21.0. The Hall–Kier alpha value is -5.88. The van der Waals surface area contributed by atoms with E-state index in [-0.39, 0.29) is 30.2 Å². The van der Waals surface area contributed by atoms with Gasteiger partial charge in [0, 0.05) is 61.0 Å². The van der Waals surface area contributed by atoms with Crippen LogP contribution in [0.25, 0.3) is 0 Å². The summed E-state index contributed by atoms with van der Waals surface area (Å²) < 4.78 is 89.5. The first-order chi connectivity index (χ1) is 30.5. The van der Waals surface area contributed by atoms with Gasteiger partial charge in [0.2, 0.25) is 11.8 Å². The summed E-state index contributed by atoms with van der Waals surface area (Å²) in [7, 11) is -6.19. The Labute approximate surface area is 378 Å². The zero-order valence-electron chi connectivity index (χ0n) is 35.9. The third kappa shape index (κ3) is 10.3. The molecule has 0 spiro atoms. The highest BCUT2D eigenvalue weighted by molar-refractivity contribution is 7.86. The lowest BCUT2D eigenvalue weighted by Crippen LogP contribution is -2.38. The van der Waals surface area contributed by atoms with Gasteiger partial charge in [0.1, 0.15) is 6.17 Å². The van der Waals surface area contributed by atoms with Gasteiger partial charge in [0.15, 0.2) is 11.1 Å². The molecule has 0 fully saturated rings. The molecule has 3 aliphatic rings. The number of benzene rings is 2. The van der Waals surface area contributed by atoms with Gasteiger partial charge in [-0.25, -0.2) is 14.1 Å². The molecule has 0 aliphatic carbocycles. The summed E-state index contributed by atoms with van der Waals surface area (Å²) in [6.45, 7) is 6.10.